The van der Waals surface area contributed by atoms with Crippen molar-refractivity contribution in [2.45, 2.75) is 45.8 Å². The maximum atomic E-state index is 13.1. The predicted octanol–water partition coefficient (Wildman–Crippen LogP) is 4.77. The monoisotopic (exact) mass is 388 g/mol. The molecule has 0 spiro atoms. The highest BCUT2D eigenvalue weighted by Crippen LogP contribution is 2.31. The molecule has 6 heteroatoms. The van der Waals surface area contributed by atoms with E-state index >= 15 is 0 Å². The van der Waals surface area contributed by atoms with Gasteiger partial charge >= 0.3 is 5.97 Å². The Morgan fingerprint density at radius 1 is 1.19 bits per heavy atom. The number of hydrogen-bond acceptors (Lipinski definition) is 5. The van der Waals surface area contributed by atoms with Crippen molar-refractivity contribution >= 4 is 29.0 Å². The van der Waals surface area contributed by atoms with E-state index in [2.05, 4.69) is 10.3 Å². The number of rotatable bonds is 8. The first-order valence-corrected chi connectivity index (χ1v) is 9.30. The minimum absolute atomic E-state index is 0.0611. The van der Waals surface area contributed by atoms with Crippen LogP contribution < -0.4 is 5.32 Å². The Hall–Kier alpha value is -2.40. The van der Waals surface area contributed by atoms with E-state index in [-0.39, 0.29) is 24.2 Å². The Kier molecular flexibility index (Phi) is 6.97. The van der Waals surface area contributed by atoms with Gasteiger partial charge in [-0.2, -0.15) is 0 Å². The Labute approximate surface area is 165 Å². The number of carbonyl (C=O) groups is 2. The molecule has 0 radical (unpaired) electrons. The van der Waals surface area contributed by atoms with Crippen molar-refractivity contribution in [2.24, 2.45) is 5.92 Å². The van der Waals surface area contributed by atoms with E-state index in [0.717, 1.165) is 0 Å². The number of anilines is 1. The number of hydrogen-bond donors (Lipinski definition) is 1. The third kappa shape index (κ3) is 5.30. The number of ether oxygens (including phenoxy) is 1. The fourth-order valence-corrected chi connectivity index (χ4v) is 2.97. The molecular weight excluding hydrogens is 364 g/mol. The van der Waals surface area contributed by atoms with Crippen molar-refractivity contribution < 1.29 is 14.3 Å². The lowest BCUT2D eigenvalue weighted by atomic mass is 9.80. The molecule has 0 fully saturated rings. The van der Waals surface area contributed by atoms with Crippen LogP contribution in [0.5, 0.6) is 0 Å². The predicted molar refractivity (Wildman–Crippen MR) is 107 cm³/mol. The van der Waals surface area contributed by atoms with Gasteiger partial charge in [-0.15, -0.1) is 0 Å². The normalized spacial score (nSPS) is 13.3. The Morgan fingerprint density at radius 2 is 1.93 bits per heavy atom. The summed E-state index contributed by atoms with van der Waals surface area (Å²) in [6.07, 6.45) is 2.74. The Bertz CT molecular complexity index is 793. The molecule has 1 aromatic heterocycles. The summed E-state index contributed by atoms with van der Waals surface area (Å²) in [6.45, 7) is 7.34. The van der Waals surface area contributed by atoms with Crippen molar-refractivity contribution in [3.63, 3.8) is 0 Å². The molecule has 1 N–H and O–H groups in total. The number of ketones is 1. The van der Waals surface area contributed by atoms with E-state index in [4.69, 9.17) is 16.3 Å². The number of esters is 1. The molecule has 0 aliphatic rings. The van der Waals surface area contributed by atoms with Crippen molar-refractivity contribution in [1.29, 1.82) is 0 Å². The number of aromatic nitrogens is 1. The van der Waals surface area contributed by atoms with Gasteiger partial charge in [0.2, 0.25) is 0 Å². The second-order valence-corrected chi connectivity index (χ2v) is 7.49. The summed E-state index contributed by atoms with van der Waals surface area (Å²) in [5.74, 6) is -0.875. The number of halogens is 1. The van der Waals surface area contributed by atoms with Crippen molar-refractivity contribution in [3.8, 4) is 0 Å². The zero-order chi connectivity index (χ0) is 20.0. The maximum Gasteiger partial charge on any atom is 0.332 e. The molecule has 2 aromatic rings. The average molecular weight is 389 g/mol. The third-order valence-corrected chi connectivity index (χ3v) is 4.54. The van der Waals surface area contributed by atoms with Crippen LogP contribution in [0.2, 0.25) is 5.02 Å². The molecule has 1 heterocycles. The molecule has 2 rings (SSSR count). The summed E-state index contributed by atoms with van der Waals surface area (Å²) in [5, 5.41) is 3.77. The summed E-state index contributed by atoms with van der Waals surface area (Å²) in [7, 11) is 0. The van der Waals surface area contributed by atoms with Crippen LogP contribution >= 0.6 is 11.6 Å². The van der Waals surface area contributed by atoms with Gasteiger partial charge in [0.15, 0.2) is 5.78 Å². The Balaban J connectivity index is 2.44. The maximum absolute atomic E-state index is 13.1. The standard InChI is InChI=1S/C21H25ClN2O3/c1-14(2)21(20(26)27-15(3)4,24-18-9-5-8-17(22)11-18)12-19(25)16-7-6-10-23-13-16/h5-11,13-15,24H,12H2,1-4H3. The van der Waals surface area contributed by atoms with Crippen LogP contribution in [0.15, 0.2) is 48.8 Å². The first kappa shape index (κ1) is 20.9. The van der Waals surface area contributed by atoms with Crippen LogP contribution in [-0.4, -0.2) is 28.4 Å². The lowest BCUT2D eigenvalue weighted by Crippen LogP contribution is -2.54. The molecule has 0 aliphatic heterocycles. The molecule has 0 aliphatic carbocycles. The molecule has 27 heavy (non-hydrogen) atoms. The number of benzene rings is 1. The first-order chi connectivity index (χ1) is 12.7. The van der Waals surface area contributed by atoms with Gasteiger partial charge in [0.1, 0.15) is 5.54 Å². The van der Waals surface area contributed by atoms with Gasteiger partial charge in [-0.05, 0) is 50.1 Å². The SMILES string of the molecule is CC(C)OC(=O)C(CC(=O)c1cccnc1)(Nc1cccc(Cl)c1)C(C)C. The van der Waals surface area contributed by atoms with Gasteiger partial charge < -0.3 is 10.1 Å². The second-order valence-electron chi connectivity index (χ2n) is 7.06. The minimum atomic E-state index is -1.23. The van der Waals surface area contributed by atoms with Crippen LogP contribution in [-0.2, 0) is 9.53 Å². The Morgan fingerprint density at radius 3 is 2.48 bits per heavy atom. The number of Topliss-reactive ketones (excluding diaryl/α,β-unsaturated/α-hetero) is 1. The average Bonchev–Trinajstić information content (AvgIpc) is 2.61. The van der Waals surface area contributed by atoms with E-state index in [1.165, 1.54) is 6.20 Å². The number of carbonyl (C=O) groups excluding carboxylic acids is 2. The van der Waals surface area contributed by atoms with Crippen LogP contribution in [0.3, 0.4) is 0 Å². The van der Waals surface area contributed by atoms with Crippen molar-refractivity contribution in [3.05, 3.63) is 59.4 Å². The van der Waals surface area contributed by atoms with Gasteiger partial charge in [-0.25, -0.2) is 4.79 Å². The zero-order valence-corrected chi connectivity index (χ0v) is 16.8. The highest BCUT2D eigenvalue weighted by Gasteiger charge is 2.45. The highest BCUT2D eigenvalue weighted by molar-refractivity contribution is 6.30. The number of nitrogens with zero attached hydrogens (tertiary/aromatic N) is 1. The topological polar surface area (TPSA) is 68.3 Å². The largest absolute Gasteiger partial charge is 0.461 e. The summed E-state index contributed by atoms with van der Waals surface area (Å²) < 4.78 is 5.51. The summed E-state index contributed by atoms with van der Waals surface area (Å²) in [5.41, 5.74) is -0.134. The lowest BCUT2D eigenvalue weighted by Gasteiger charge is -2.37. The fourth-order valence-electron chi connectivity index (χ4n) is 2.78. The van der Waals surface area contributed by atoms with Crippen molar-refractivity contribution in [1.82, 2.24) is 4.98 Å². The van der Waals surface area contributed by atoms with Crippen molar-refractivity contribution in [2.75, 3.05) is 5.32 Å². The third-order valence-electron chi connectivity index (χ3n) is 4.31. The van der Waals surface area contributed by atoms with Crippen LogP contribution in [0.4, 0.5) is 5.69 Å². The molecule has 1 unspecified atom stereocenters. The zero-order valence-electron chi connectivity index (χ0n) is 16.0. The van der Waals surface area contributed by atoms with Crippen LogP contribution in [0, 0.1) is 5.92 Å². The highest BCUT2D eigenvalue weighted by atomic mass is 35.5. The van der Waals surface area contributed by atoms with E-state index in [1.54, 1.807) is 56.4 Å². The fraction of sp³-hybridized carbons (Fsp3) is 0.381. The van der Waals surface area contributed by atoms with E-state index in [9.17, 15) is 9.59 Å². The molecule has 0 saturated heterocycles. The van der Waals surface area contributed by atoms with Crippen LogP contribution in [0.1, 0.15) is 44.5 Å². The van der Waals surface area contributed by atoms with Gasteiger partial charge in [0.25, 0.3) is 0 Å². The van der Waals surface area contributed by atoms with Gasteiger partial charge in [0, 0.05) is 35.1 Å². The number of nitrogens with one attached hydrogen (secondary N) is 1. The summed E-state index contributed by atoms with van der Waals surface area (Å²) in [4.78, 5) is 30.0. The van der Waals surface area contributed by atoms with Gasteiger partial charge in [0.05, 0.1) is 6.10 Å². The molecule has 0 amide bonds. The van der Waals surface area contributed by atoms with Gasteiger partial charge in [-0.1, -0.05) is 31.5 Å². The lowest BCUT2D eigenvalue weighted by molar-refractivity contribution is -0.154. The smallest absolute Gasteiger partial charge is 0.332 e. The molecule has 5 nitrogen and oxygen atoms in total. The molecule has 0 saturated carbocycles. The molecule has 1 atom stereocenters. The first-order valence-electron chi connectivity index (χ1n) is 8.92. The van der Waals surface area contributed by atoms with E-state index in [1.807, 2.05) is 13.8 Å². The minimum Gasteiger partial charge on any atom is -0.461 e. The quantitative estimate of drug-likeness (QED) is 0.521. The van der Waals surface area contributed by atoms with E-state index < -0.39 is 11.5 Å². The van der Waals surface area contributed by atoms with Crippen LogP contribution in [0.25, 0.3) is 0 Å². The molecule has 1 aromatic carbocycles. The molecule has 0 bridgehead atoms. The van der Waals surface area contributed by atoms with E-state index in [0.29, 0.717) is 16.3 Å². The van der Waals surface area contributed by atoms with Gasteiger partial charge in [-0.3, -0.25) is 9.78 Å². The summed E-state index contributed by atoms with van der Waals surface area (Å²) in [6, 6.07) is 10.4. The number of pyridine rings is 1. The summed E-state index contributed by atoms with van der Waals surface area (Å²) >= 11 is 6.09. The molecule has 144 valence electrons. The molecular formula is C21H25ClN2O3. The second kappa shape index (κ2) is 9.00.